The Morgan fingerprint density at radius 1 is 1.58 bits per heavy atom. The molecule has 0 unspecified atom stereocenters. The quantitative estimate of drug-likeness (QED) is 0.863. The fourth-order valence-electron chi connectivity index (χ4n) is 2.02. The summed E-state index contributed by atoms with van der Waals surface area (Å²) >= 11 is 10.0. The molecule has 2 rings (SSSR count). The molecule has 1 aromatic heterocycles. The van der Waals surface area contributed by atoms with Crippen LogP contribution in [0.15, 0.2) is 14.1 Å². The van der Waals surface area contributed by atoms with E-state index in [4.69, 9.17) is 16.7 Å². The highest BCUT2D eigenvalue weighted by Gasteiger charge is 2.41. The first-order valence-corrected chi connectivity index (χ1v) is 8.84. The number of carbonyl (C=O) groups is 1. The Morgan fingerprint density at radius 2 is 2.21 bits per heavy atom. The Hall–Kier alpha value is -0.150. The molecule has 1 saturated heterocycles. The standard InChI is InChI=1S/C10H11BrClNO4S2/c1-5-3-13(4-6(5)10(14)15)19(16,17)8-2-7(12)9(11)18-8/h2,5-6H,3-4H2,1H3,(H,14,15)/t5-,6-/m1/s1. The van der Waals surface area contributed by atoms with E-state index in [-0.39, 0.29) is 23.2 Å². The molecule has 0 spiro atoms. The molecule has 2 atom stereocenters. The summed E-state index contributed by atoms with van der Waals surface area (Å²) in [6.45, 7) is 1.96. The van der Waals surface area contributed by atoms with Crippen molar-refractivity contribution < 1.29 is 18.3 Å². The van der Waals surface area contributed by atoms with Crippen molar-refractivity contribution >= 4 is 54.9 Å². The van der Waals surface area contributed by atoms with Crippen molar-refractivity contribution in [1.29, 1.82) is 0 Å². The second kappa shape index (κ2) is 5.33. The Balaban J connectivity index is 2.29. The van der Waals surface area contributed by atoms with Gasteiger partial charge in [-0.15, -0.1) is 11.3 Å². The zero-order chi connectivity index (χ0) is 14.4. The van der Waals surface area contributed by atoms with Gasteiger partial charge in [0.05, 0.1) is 14.7 Å². The second-order valence-electron chi connectivity index (χ2n) is 4.43. The molecule has 0 aliphatic carbocycles. The van der Waals surface area contributed by atoms with Crippen LogP contribution in [0, 0.1) is 11.8 Å². The molecule has 106 valence electrons. The fraction of sp³-hybridized carbons (Fsp3) is 0.500. The molecule has 0 aromatic carbocycles. The maximum atomic E-state index is 12.4. The third-order valence-electron chi connectivity index (χ3n) is 3.11. The first-order chi connectivity index (χ1) is 8.73. The Labute approximate surface area is 128 Å². The van der Waals surface area contributed by atoms with Gasteiger partial charge in [-0.25, -0.2) is 8.42 Å². The highest BCUT2D eigenvalue weighted by molar-refractivity contribution is 9.11. The van der Waals surface area contributed by atoms with Crippen molar-refractivity contribution in [2.24, 2.45) is 11.8 Å². The van der Waals surface area contributed by atoms with Crippen molar-refractivity contribution in [3.05, 3.63) is 14.9 Å². The smallest absolute Gasteiger partial charge is 0.308 e. The summed E-state index contributed by atoms with van der Waals surface area (Å²) in [5.74, 6) is -1.82. The third-order valence-corrected chi connectivity index (χ3v) is 7.87. The van der Waals surface area contributed by atoms with E-state index in [0.717, 1.165) is 11.3 Å². The van der Waals surface area contributed by atoms with Crippen LogP contribution < -0.4 is 0 Å². The average molecular weight is 389 g/mol. The van der Waals surface area contributed by atoms with Crippen LogP contribution in [0.1, 0.15) is 6.92 Å². The van der Waals surface area contributed by atoms with Crippen LogP contribution in [0.4, 0.5) is 0 Å². The van der Waals surface area contributed by atoms with Gasteiger partial charge < -0.3 is 5.11 Å². The lowest BCUT2D eigenvalue weighted by atomic mass is 9.99. The van der Waals surface area contributed by atoms with Gasteiger partial charge in [0.1, 0.15) is 4.21 Å². The zero-order valence-electron chi connectivity index (χ0n) is 9.84. The van der Waals surface area contributed by atoms with Crippen LogP contribution in [0.3, 0.4) is 0 Å². The molecule has 9 heteroatoms. The third kappa shape index (κ3) is 2.82. The Bertz CT molecular complexity index is 596. The topological polar surface area (TPSA) is 74.7 Å². The maximum Gasteiger partial charge on any atom is 0.308 e. The molecule has 1 N–H and O–H groups in total. The molecule has 1 aromatic rings. The lowest BCUT2D eigenvalue weighted by Crippen LogP contribution is -2.29. The van der Waals surface area contributed by atoms with Gasteiger partial charge in [-0.3, -0.25) is 4.79 Å². The summed E-state index contributed by atoms with van der Waals surface area (Å²) in [7, 11) is -3.67. The summed E-state index contributed by atoms with van der Waals surface area (Å²) < 4.78 is 26.6. The van der Waals surface area contributed by atoms with Gasteiger partial charge in [0, 0.05) is 13.1 Å². The summed E-state index contributed by atoms with van der Waals surface area (Å²) in [6, 6.07) is 1.38. The predicted molar refractivity (Wildman–Crippen MR) is 76.1 cm³/mol. The van der Waals surface area contributed by atoms with E-state index < -0.39 is 21.9 Å². The van der Waals surface area contributed by atoms with Crippen LogP contribution in [-0.2, 0) is 14.8 Å². The van der Waals surface area contributed by atoms with Gasteiger partial charge in [-0.1, -0.05) is 18.5 Å². The summed E-state index contributed by atoms with van der Waals surface area (Å²) in [6.07, 6.45) is 0. The number of sulfonamides is 1. The van der Waals surface area contributed by atoms with E-state index in [1.807, 2.05) is 0 Å². The second-order valence-corrected chi connectivity index (χ2v) is 9.37. The number of hydrogen-bond acceptors (Lipinski definition) is 4. The minimum Gasteiger partial charge on any atom is -0.481 e. The van der Waals surface area contributed by atoms with E-state index in [1.165, 1.54) is 10.4 Å². The predicted octanol–water partition coefficient (Wildman–Crippen LogP) is 2.51. The average Bonchev–Trinajstić information content (AvgIpc) is 2.84. The van der Waals surface area contributed by atoms with Crippen LogP contribution in [0.5, 0.6) is 0 Å². The normalized spacial score (nSPS) is 24.8. The highest BCUT2D eigenvalue weighted by Crippen LogP contribution is 2.37. The molecule has 0 amide bonds. The van der Waals surface area contributed by atoms with Crippen LogP contribution in [0.25, 0.3) is 0 Å². The SMILES string of the molecule is C[C@@H]1CN(S(=O)(=O)c2cc(Cl)c(Br)s2)C[C@H]1C(=O)O. The number of thiophene rings is 1. The summed E-state index contributed by atoms with van der Waals surface area (Å²) in [5, 5.41) is 9.38. The molecule has 2 heterocycles. The molecule has 0 radical (unpaired) electrons. The molecule has 1 aliphatic rings. The first kappa shape index (κ1) is 15.2. The zero-order valence-corrected chi connectivity index (χ0v) is 13.8. The molecule has 1 aliphatic heterocycles. The maximum absolute atomic E-state index is 12.4. The lowest BCUT2D eigenvalue weighted by Gasteiger charge is -2.14. The van der Waals surface area contributed by atoms with Gasteiger partial charge in [0.25, 0.3) is 10.0 Å². The largest absolute Gasteiger partial charge is 0.481 e. The fourth-order valence-corrected chi connectivity index (χ4v) is 6.14. The van der Waals surface area contributed by atoms with E-state index >= 15 is 0 Å². The summed E-state index contributed by atoms with van der Waals surface area (Å²) in [4.78, 5) is 11.0. The molecule has 19 heavy (non-hydrogen) atoms. The minimum atomic E-state index is -3.67. The molecule has 0 bridgehead atoms. The molecule has 5 nitrogen and oxygen atoms in total. The van der Waals surface area contributed by atoms with E-state index in [0.29, 0.717) is 8.81 Å². The number of aliphatic carboxylic acids is 1. The Kier molecular flexibility index (Phi) is 4.27. The highest BCUT2D eigenvalue weighted by atomic mass is 79.9. The van der Waals surface area contributed by atoms with Crippen LogP contribution in [0.2, 0.25) is 5.02 Å². The van der Waals surface area contributed by atoms with Crippen molar-refractivity contribution in [3.8, 4) is 0 Å². The van der Waals surface area contributed by atoms with Crippen molar-refractivity contribution in [3.63, 3.8) is 0 Å². The number of carboxylic acids is 1. The number of rotatable bonds is 3. The molecular formula is C10H11BrClNO4S2. The number of hydrogen-bond donors (Lipinski definition) is 1. The van der Waals surface area contributed by atoms with Gasteiger partial charge in [0.15, 0.2) is 0 Å². The van der Waals surface area contributed by atoms with E-state index in [1.54, 1.807) is 6.92 Å². The molecule has 1 fully saturated rings. The van der Waals surface area contributed by atoms with Crippen molar-refractivity contribution in [2.75, 3.05) is 13.1 Å². The van der Waals surface area contributed by atoms with Crippen molar-refractivity contribution in [2.45, 2.75) is 11.1 Å². The first-order valence-electron chi connectivity index (χ1n) is 5.41. The number of nitrogens with zero attached hydrogens (tertiary/aromatic N) is 1. The van der Waals surface area contributed by atoms with E-state index in [9.17, 15) is 13.2 Å². The number of carboxylic acid groups (broad SMARTS) is 1. The van der Waals surface area contributed by atoms with E-state index in [2.05, 4.69) is 15.9 Å². The molecular weight excluding hydrogens is 378 g/mol. The monoisotopic (exact) mass is 387 g/mol. The van der Waals surface area contributed by atoms with Crippen molar-refractivity contribution in [1.82, 2.24) is 4.31 Å². The van der Waals surface area contributed by atoms with Gasteiger partial charge >= 0.3 is 5.97 Å². The lowest BCUT2D eigenvalue weighted by molar-refractivity contribution is -0.142. The molecule has 0 saturated carbocycles. The van der Waals surface area contributed by atoms with Gasteiger partial charge in [-0.2, -0.15) is 4.31 Å². The van der Waals surface area contributed by atoms with Crippen LogP contribution in [-0.4, -0.2) is 36.9 Å². The van der Waals surface area contributed by atoms with Gasteiger partial charge in [0.2, 0.25) is 0 Å². The van der Waals surface area contributed by atoms with Gasteiger partial charge in [-0.05, 0) is 27.9 Å². The van der Waals surface area contributed by atoms with Crippen LogP contribution >= 0.6 is 38.9 Å². The summed E-state index contributed by atoms with van der Waals surface area (Å²) in [5.41, 5.74) is 0. The minimum absolute atomic E-state index is 0.00592. The number of halogens is 2. The Morgan fingerprint density at radius 3 is 2.63 bits per heavy atom.